The van der Waals surface area contributed by atoms with E-state index in [1.165, 1.54) is 19.3 Å². The Balaban J connectivity index is 1.85. The molecule has 1 saturated heterocycles. The van der Waals surface area contributed by atoms with Crippen LogP contribution >= 0.6 is 0 Å². The molecular weight excluding hydrogens is 236 g/mol. The lowest BCUT2D eigenvalue weighted by molar-refractivity contribution is -0.00940. The van der Waals surface area contributed by atoms with Crippen LogP contribution in [0.4, 0.5) is 0 Å². The van der Waals surface area contributed by atoms with Crippen molar-refractivity contribution in [1.29, 1.82) is 0 Å². The standard InChI is InChI=1S/C16H32N2O/c1-13-5-6-15(11-14(13)2)17-12-16(18(3)4)7-9-19-10-8-16/h13-15,17H,5-12H2,1-4H3. The molecule has 3 atom stereocenters. The van der Waals surface area contributed by atoms with E-state index in [2.05, 4.69) is 38.2 Å². The van der Waals surface area contributed by atoms with Crippen LogP contribution in [0.25, 0.3) is 0 Å². The van der Waals surface area contributed by atoms with Crippen LogP contribution in [-0.4, -0.2) is 50.3 Å². The number of ether oxygens (including phenoxy) is 1. The summed E-state index contributed by atoms with van der Waals surface area (Å²) in [5, 5.41) is 3.87. The van der Waals surface area contributed by atoms with E-state index in [9.17, 15) is 0 Å². The third-order valence-corrected chi connectivity index (χ3v) is 5.69. The average molecular weight is 268 g/mol. The Morgan fingerprint density at radius 1 is 1.11 bits per heavy atom. The highest BCUT2D eigenvalue weighted by atomic mass is 16.5. The van der Waals surface area contributed by atoms with E-state index >= 15 is 0 Å². The minimum Gasteiger partial charge on any atom is -0.381 e. The van der Waals surface area contributed by atoms with Crippen molar-refractivity contribution in [3.63, 3.8) is 0 Å². The summed E-state index contributed by atoms with van der Waals surface area (Å²) in [6.45, 7) is 7.76. The van der Waals surface area contributed by atoms with Crippen molar-refractivity contribution in [1.82, 2.24) is 10.2 Å². The molecule has 0 aromatic heterocycles. The van der Waals surface area contributed by atoms with Gasteiger partial charge in [-0.1, -0.05) is 13.8 Å². The molecule has 3 unspecified atom stereocenters. The van der Waals surface area contributed by atoms with E-state index in [0.717, 1.165) is 50.5 Å². The molecule has 112 valence electrons. The topological polar surface area (TPSA) is 24.5 Å². The minimum atomic E-state index is 0.310. The maximum atomic E-state index is 5.54. The summed E-state index contributed by atoms with van der Waals surface area (Å²) < 4.78 is 5.54. The summed E-state index contributed by atoms with van der Waals surface area (Å²) in [6.07, 6.45) is 6.40. The van der Waals surface area contributed by atoms with Crippen LogP contribution < -0.4 is 5.32 Å². The highest BCUT2D eigenvalue weighted by Crippen LogP contribution is 2.30. The highest BCUT2D eigenvalue weighted by molar-refractivity contribution is 4.93. The van der Waals surface area contributed by atoms with Gasteiger partial charge in [-0.25, -0.2) is 0 Å². The molecule has 2 fully saturated rings. The fourth-order valence-electron chi connectivity index (χ4n) is 3.60. The number of nitrogens with zero attached hydrogens (tertiary/aromatic N) is 1. The van der Waals surface area contributed by atoms with Gasteiger partial charge in [-0.2, -0.15) is 0 Å². The van der Waals surface area contributed by atoms with Gasteiger partial charge in [-0.3, -0.25) is 0 Å². The van der Waals surface area contributed by atoms with Crippen molar-refractivity contribution >= 4 is 0 Å². The van der Waals surface area contributed by atoms with E-state index in [-0.39, 0.29) is 0 Å². The highest BCUT2D eigenvalue weighted by Gasteiger charge is 2.35. The molecule has 0 aromatic carbocycles. The predicted octanol–water partition coefficient (Wildman–Crippen LogP) is 2.51. The molecule has 0 bridgehead atoms. The summed E-state index contributed by atoms with van der Waals surface area (Å²) >= 11 is 0. The molecule has 2 rings (SSSR count). The Bertz CT molecular complexity index is 274. The fourth-order valence-corrected chi connectivity index (χ4v) is 3.60. The number of hydrogen-bond acceptors (Lipinski definition) is 3. The summed E-state index contributed by atoms with van der Waals surface area (Å²) in [6, 6.07) is 0.728. The molecule has 0 spiro atoms. The molecule has 1 saturated carbocycles. The van der Waals surface area contributed by atoms with E-state index in [1.54, 1.807) is 0 Å². The number of hydrogen-bond donors (Lipinski definition) is 1. The van der Waals surface area contributed by atoms with Gasteiger partial charge in [0.25, 0.3) is 0 Å². The smallest absolute Gasteiger partial charge is 0.0484 e. The first-order valence-electron chi connectivity index (χ1n) is 8.02. The van der Waals surface area contributed by atoms with Gasteiger partial charge in [-0.15, -0.1) is 0 Å². The van der Waals surface area contributed by atoms with Gasteiger partial charge in [0.15, 0.2) is 0 Å². The summed E-state index contributed by atoms with van der Waals surface area (Å²) in [5.41, 5.74) is 0.310. The average Bonchev–Trinajstić information content (AvgIpc) is 2.41. The van der Waals surface area contributed by atoms with Crippen LogP contribution in [0.2, 0.25) is 0 Å². The summed E-state index contributed by atoms with van der Waals surface area (Å²) in [4.78, 5) is 2.41. The first kappa shape index (κ1) is 15.3. The largest absolute Gasteiger partial charge is 0.381 e. The zero-order valence-electron chi connectivity index (χ0n) is 13.2. The molecule has 3 nitrogen and oxygen atoms in total. The molecule has 1 N–H and O–H groups in total. The molecule has 1 aliphatic carbocycles. The fraction of sp³-hybridized carbons (Fsp3) is 1.00. The van der Waals surface area contributed by atoms with Gasteiger partial charge < -0.3 is 15.0 Å². The Morgan fingerprint density at radius 2 is 1.79 bits per heavy atom. The maximum Gasteiger partial charge on any atom is 0.0484 e. The second-order valence-electron chi connectivity index (χ2n) is 7.08. The quantitative estimate of drug-likeness (QED) is 0.848. The Hall–Kier alpha value is -0.120. The van der Waals surface area contributed by atoms with Crippen LogP contribution in [-0.2, 0) is 4.74 Å². The normalized spacial score (nSPS) is 35.5. The third-order valence-electron chi connectivity index (χ3n) is 5.69. The van der Waals surface area contributed by atoms with Gasteiger partial charge in [0.1, 0.15) is 0 Å². The lowest BCUT2D eigenvalue weighted by Crippen LogP contribution is -2.56. The van der Waals surface area contributed by atoms with Gasteiger partial charge in [-0.05, 0) is 58.0 Å². The second-order valence-corrected chi connectivity index (χ2v) is 7.08. The van der Waals surface area contributed by atoms with Crippen LogP contribution in [0, 0.1) is 11.8 Å². The predicted molar refractivity (Wildman–Crippen MR) is 80.4 cm³/mol. The van der Waals surface area contributed by atoms with Crippen molar-refractivity contribution < 1.29 is 4.74 Å². The van der Waals surface area contributed by atoms with E-state index < -0.39 is 0 Å². The minimum absolute atomic E-state index is 0.310. The molecule has 0 amide bonds. The van der Waals surface area contributed by atoms with Gasteiger partial charge >= 0.3 is 0 Å². The van der Waals surface area contributed by atoms with Crippen molar-refractivity contribution in [3.05, 3.63) is 0 Å². The van der Waals surface area contributed by atoms with Crippen molar-refractivity contribution in [3.8, 4) is 0 Å². The van der Waals surface area contributed by atoms with Gasteiger partial charge in [0, 0.05) is 31.3 Å². The van der Waals surface area contributed by atoms with Crippen LogP contribution in [0.15, 0.2) is 0 Å². The SMILES string of the molecule is CC1CCC(NCC2(N(C)C)CCOCC2)CC1C. The molecule has 1 aliphatic heterocycles. The molecule has 0 radical (unpaired) electrons. The van der Waals surface area contributed by atoms with Crippen LogP contribution in [0.3, 0.4) is 0 Å². The molecule has 0 aromatic rings. The van der Waals surface area contributed by atoms with Crippen molar-refractivity contribution in [2.24, 2.45) is 11.8 Å². The van der Waals surface area contributed by atoms with Crippen LogP contribution in [0.5, 0.6) is 0 Å². The Labute approximate surface area is 119 Å². The van der Waals surface area contributed by atoms with Crippen molar-refractivity contribution in [2.45, 2.75) is 57.5 Å². The van der Waals surface area contributed by atoms with Crippen LogP contribution in [0.1, 0.15) is 46.0 Å². The molecule has 2 aliphatic rings. The lowest BCUT2D eigenvalue weighted by atomic mass is 9.78. The first-order valence-corrected chi connectivity index (χ1v) is 8.02. The van der Waals surface area contributed by atoms with E-state index in [4.69, 9.17) is 4.74 Å². The molecule has 1 heterocycles. The van der Waals surface area contributed by atoms with Gasteiger partial charge in [0.05, 0.1) is 0 Å². The van der Waals surface area contributed by atoms with Crippen molar-refractivity contribution in [2.75, 3.05) is 33.9 Å². The Morgan fingerprint density at radius 3 is 2.37 bits per heavy atom. The monoisotopic (exact) mass is 268 g/mol. The summed E-state index contributed by atoms with van der Waals surface area (Å²) in [5.74, 6) is 1.78. The number of rotatable bonds is 4. The summed E-state index contributed by atoms with van der Waals surface area (Å²) in [7, 11) is 4.44. The van der Waals surface area contributed by atoms with E-state index in [1.807, 2.05) is 0 Å². The molecule has 3 heteroatoms. The Kier molecular flexibility index (Phi) is 5.27. The molecular formula is C16H32N2O. The zero-order chi connectivity index (χ0) is 13.9. The lowest BCUT2D eigenvalue weighted by Gasteiger charge is -2.44. The third kappa shape index (κ3) is 3.71. The molecule has 19 heavy (non-hydrogen) atoms. The number of likely N-dealkylation sites (N-methyl/N-ethyl adjacent to an activating group) is 1. The first-order chi connectivity index (χ1) is 9.03. The van der Waals surface area contributed by atoms with E-state index in [0.29, 0.717) is 5.54 Å². The van der Waals surface area contributed by atoms with Gasteiger partial charge in [0.2, 0.25) is 0 Å². The zero-order valence-corrected chi connectivity index (χ0v) is 13.2. The number of nitrogens with one attached hydrogen (secondary N) is 1. The second kappa shape index (κ2) is 6.55. The maximum absolute atomic E-state index is 5.54.